The Hall–Kier alpha value is -0.570. The van der Waals surface area contributed by atoms with Crippen LogP contribution >= 0.6 is 0 Å². The lowest BCUT2D eigenvalue weighted by Gasteiger charge is -2.34. The van der Waals surface area contributed by atoms with E-state index in [1.807, 2.05) is 0 Å². The first kappa shape index (κ1) is 11.9. The summed E-state index contributed by atoms with van der Waals surface area (Å²) >= 11 is 0. The lowest BCUT2D eigenvalue weighted by Crippen LogP contribution is -2.55. The number of rotatable bonds is 3. The molecule has 92 valence electrons. The second-order valence-corrected chi connectivity index (χ2v) is 5.26. The number of nitrogens with one attached hydrogen (secondary N) is 1. The molecule has 2 aliphatic rings. The van der Waals surface area contributed by atoms with Gasteiger partial charge in [-0.1, -0.05) is 32.1 Å². The van der Waals surface area contributed by atoms with Crippen molar-refractivity contribution in [1.29, 1.82) is 0 Å². The summed E-state index contributed by atoms with van der Waals surface area (Å²) in [4.78, 5) is 11.9. The molecule has 3 heteroatoms. The third-order valence-electron chi connectivity index (χ3n) is 4.12. The van der Waals surface area contributed by atoms with E-state index in [4.69, 9.17) is 4.74 Å². The maximum Gasteiger partial charge on any atom is 0.326 e. The van der Waals surface area contributed by atoms with Crippen LogP contribution in [0.15, 0.2) is 0 Å². The van der Waals surface area contributed by atoms with Crippen molar-refractivity contribution < 1.29 is 9.53 Å². The van der Waals surface area contributed by atoms with Crippen molar-refractivity contribution >= 4 is 5.97 Å². The third kappa shape index (κ3) is 2.40. The van der Waals surface area contributed by atoms with E-state index in [0.717, 1.165) is 25.7 Å². The summed E-state index contributed by atoms with van der Waals surface area (Å²) in [6, 6.07) is 0.533. The molecule has 0 heterocycles. The van der Waals surface area contributed by atoms with Gasteiger partial charge in [0.25, 0.3) is 0 Å². The third-order valence-corrected chi connectivity index (χ3v) is 4.12. The van der Waals surface area contributed by atoms with Gasteiger partial charge in [0, 0.05) is 6.04 Å². The molecule has 0 aromatic rings. The maximum absolute atomic E-state index is 11.9. The number of esters is 1. The number of methoxy groups -OCH3 is 1. The molecular weight excluding hydrogens is 202 g/mol. The Balaban J connectivity index is 1.98. The highest BCUT2D eigenvalue weighted by Crippen LogP contribution is 2.33. The Morgan fingerprint density at radius 2 is 1.75 bits per heavy atom. The van der Waals surface area contributed by atoms with Crippen LogP contribution in [-0.2, 0) is 9.53 Å². The van der Waals surface area contributed by atoms with Gasteiger partial charge < -0.3 is 4.74 Å². The monoisotopic (exact) mass is 225 g/mol. The van der Waals surface area contributed by atoms with Gasteiger partial charge in [-0.15, -0.1) is 0 Å². The zero-order chi connectivity index (χ0) is 11.4. The van der Waals surface area contributed by atoms with Crippen molar-refractivity contribution in [2.45, 2.75) is 69.4 Å². The van der Waals surface area contributed by atoms with E-state index in [0.29, 0.717) is 6.04 Å². The largest absolute Gasteiger partial charge is 0.468 e. The summed E-state index contributed by atoms with van der Waals surface area (Å²) < 4.78 is 4.98. The van der Waals surface area contributed by atoms with E-state index in [-0.39, 0.29) is 11.5 Å². The molecule has 0 atom stereocenters. The Morgan fingerprint density at radius 1 is 1.12 bits per heavy atom. The Bertz CT molecular complexity index is 240. The van der Waals surface area contributed by atoms with Crippen molar-refractivity contribution in [3.63, 3.8) is 0 Å². The topological polar surface area (TPSA) is 38.3 Å². The highest BCUT2D eigenvalue weighted by atomic mass is 16.5. The smallest absolute Gasteiger partial charge is 0.326 e. The van der Waals surface area contributed by atoms with Gasteiger partial charge in [0.1, 0.15) is 5.54 Å². The van der Waals surface area contributed by atoms with Gasteiger partial charge in [-0.3, -0.25) is 10.1 Å². The number of ether oxygens (including phenoxy) is 1. The molecule has 16 heavy (non-hydrogen) atoms. The molecule has 2 rings (SSSR count). The molecular formula is C13H23NO2. The molecule has 2 aliphatic carbocycles. The highest BCUT2D eigenvalue weighted by Gasteiger charge is 2.43. The van der Waals surface area contributed by atoms with E-state index >= 15 is 0 Å². The van der Waals surface area contributed by atoms with Crippen LogP contribution in [0, 0.1) is 0 Å². The van der Waals surface area contributed by atoms with Crippen LogP contribution in [0.4, 0.5) is 0 Å². The lowest BCUT2D eigenvalue weighted by molar-refractivity contribution is -0.149. The van der Waals surface area contributed by atoms with Crippen LogP contribution in [0.5, 0.6) is 0 Å². The van der Waals surface area contributed by atoms with Crippen molar-refractivity contribution in [3.05, 3.63) is 0 Å². The minimum absolute atomic E-state index is 0.0458. The highest BCUT2D eigenvalue weighted by molar-refractivity contribution is 5.81. The van der Waals surface area contributed by atoms with E-state index < -0.39 is 0 Å². The van der Waals surface area contributed by atoms with Crippen LogP contribution in [0.25, 0.3) is 0 Å². The lowest BCUT2D eigenvalue weighted by atomic mass is 9.90. The van der Waals surface area contributed by atoms with E-state index in [1.54, 1.807) is 0 Å². The fourth-order valence-corrected chi connectivity index (χ4v) is 3.22. The zero-order valence-corrected chi connectivity index (χ0v) is 10.3. The van der Waals surface area contributed by atoms with Crippen LogP contribution < -0.4 is 5.32 Å². The van der Waals surface area contributed by atoms with Gasteiger partial charge in [-0.2, -0.15) is 0 Å². The van der Waals surface area contributed by atoms with Crippen molar-refractivity contribution in [2.75, 3.05) is 7.11 Å². The SMILES string of the molecule is COC(=O)C1(NC2CCCCC2)CCCC1. The van der Waals surface area contributed by atoms with Gasteiger partial charge in [0.05, 0.1) is 7.11 Å². The summed E-state index contributed by atoms with van der Waals surface area (Å²) in [7, 11) is 1.50. The van der Waals surface area contributed by atoms with Crippen LogP contribution in [0.1, 0.15) is 57.8 Å². The molecule has 2 saturated carbocycles. The molecule has 0 saturated heterocycles. The van der Waals surface area contributed by atoms with Gasteiger partial charge in [0.2, 0.25) is 0 Å². The number of carbonyl (C=O) groups excluding carboxylic acids is 1. The molecule has 2 fully saturated rings. The number of hydrogen-bond donors (Lipinski definition) is 1. The van der Waals surface area contributed by atoms with Crippen LogP contribution in [0.3, 0.4) is 0 Å². The summed E-state index contributed by atoms with van der Waals surface area (Å²) in [6.07, 6.45) is 10.6. The van der Waals surface area contributed by atoms with E-state index in [9.17, 15) is 4.79 Å². The van der Waals surface area contributed by atoms with Gasteiger partial charge in [0.15, 0.2) is 0 Å². The summed E-state index contributed by atoms with van der Waals surface area (Å²) in [5.74, 6) is -0.0458. The minimum atomic E-state index is -0.350. The second kappa shape index (κ2) is 5.17. The molecule has 0 bridgehead atoms. The average Bonchev–Trinajstić information content (AvgIpc) is 2.79. The average molecular weight is 225 g/mol. The first-order chi connectivity index (χ1) is 7.77. The standard InChI is InChI=1S/C13H23NO2/c1-16-12(15)13(9-5-6-10-13)14-11-7-3-2-4-8-11/h11,14H,2-10H2,1H3. The second-order valence-electron chi connectivity index (χ2n) is 5.26. The Labute approximate surface area is 97.9 Å². The number of hydrogen-bond acceptors (Lipinski definition) is 3. The molecule has 0 amide bonds. The first-order valence-corrected chi connectivity index (χ1v) is 6.63. The van der Waals surface area contributed by atoms with Gasteiger partial charge >= 0.3 is 5.97 Å². The predicted octanol–water partition coefficient (Wildman–Crippen LogP) is 2.39. The predicted molar refractivity (Wildman–Crippen MR) is 63.2 cm³/mol. The molecule has 0 aliphatic heterocycles. The first-order valence-electron chi connectivity index (χ1n) is 6.63. The fourth-order valence-electron chi connectivity index (χ4n) is 3.22. The molecule has 0 aromatic heterocycles. The Kier molecular flexibility index (Phi) is 3.85. The Morgan fingerprint density at radius 3 is 2.31 bits per heavy atom. The molecule has 0 aromatic carbocycles. The molecule has 0 unspecified atom stereocenters. The quantitative estimate of drug-likeness (QED) is 0.749. The van der Waals surface area contributed by atoms with E-state index in [1.165, 1.54) is 39.2 Å². The van der Waals surface area contributed by atoms with Crippen molar-refractivity contribution in [1.82, 2.24) is 5.32 Å². The van der Waals surface area contributed by atoms with E-state index in [2.05, 4.69) is 5.32 Å². The van der Waals surface area contributed by atoms with Gasteiger partial charge in [-0.25, -0.2) is 0 Å². The maximum atomic E-state index is 11.9. The molecule has 0 spiro atoms. The summed E-state index contributed by atoms with van der Waals surface area (Å²) in [5.41, 5.74) is -0.350. The van der Waals surface area contributed by atoms with Crippen molar-refractivity contribution in [2.24, 2.45) is 0 Å². The summed E-state index contributed by atoms with van der Waals surface area (Å²) in [5, 5.41) is 3.61. The minimum Gasteiger partial charge on any atom is -0.468 e. The van der Waals surface area contributed by atoms with Crippen molar-refractivity contribution in [3.8, 4) is 0 Å². The normalized spacial score (nSPS) is 25.6. The van der Waals surface area contributed by atoms with Gasteiger partial charge in [-0.05, 0) is 25.7 Å². The molecule has 0 radical (unpaired) electrons. The fraction of sp³-hybridized carbons (Fsp3) is 0.923. The van der Waals surface area contributed by atoms with Crippen LogP contribution in [0.2, 0.25) is 0 Å². The zero-order valence-electron chi connectivity index (χ0n) is 10.3. The van der Waals surface area contributed by atoms with Crippen LogP contribution in [-0.4, -0.2) is 24.7 Å². The summed E-state index contributed by atoms with van der Waals surface area (Å²) in [6.45, 7) is 0. The number of carbonyl (C=O) groups is 1. The molecule has 3 nitrogen and oxygen atoms in total. The molecule has 1 N–H and O–H groups in total.